The normalized spacial score (nSPS) is 10.9. The van der Waals surface area contributed by atoms with Crippen LogP contribution in [0.1, 0.15) is 27.8 Å². The second-order valence-corrected chi connectivity index (χ2v) is 8.65. The molecule has 0 saturated carbocycles. The summed E-state index contributed by atoms with van der Waals surface area (Å²) in [6, 6.07) is 18.0. The van der Waals surface area contributed by atoms with Crippen molar-refractivity contribution in [2.24, 2.45) is 0 Å². The molecule has 0 heterocycles. The number of benzene rings is 3. The van der Waals surface area contributed by atoms with Gasteiger partial charge in [-0.1, -0.05) is 41.4 Å². The maximum Gasteiger partial charge on any atom is 0.266 e. The molecule has 0 saturated heterocycles. The summed E-state index contributed by atoms with van der Waals surface area (Å²) in [6.07, 6.45) is 1.39. The lowest BCUT2D eigenvalue weighted by molar-refractivity contribution is -0.118. The Hall–Kier alpha value is -4.08. The standard InChI is InChI=1S/C28H26ClN3O3/c1-17-8-10-24(19(3)12-17)32-28(34)22(15-30)13-21-14-23(29)9-11-26(21)35-16-27(33)31-25-7-5-6-18(2)20(25)4/h5-14H,16H2,1-4H3,(H,31,33)(H,32,34)/b22-13+. The number of ether oxygens (including phenoxy) is 1. The largest absolute Gasteiger partial charge is 0.483 e. The zero-order valence-electron chi connectivity index (χ0n) is 20.0. The Kier molecular flexibility index (Phi) is 8.30. The maximum atomic E-state index is 12.8. The molecule has 0 radical (unpaired) electrons. The topological polar surface area (TPSA) is 91.2 Å². The fourth-order valence-electron chi connectivity index (χ4n) is 3.43. The minimum atomic E-state index is -0.557. The Bertz CT molecular complexity index is 1360. The third kappa shape index (κ3) is 6.72. The quantitative estimate of drug-likeness (QED) is 0.309. The number of nitriles is 1. The Morgan fingerprint density at radius 2 is 1.74 bits per heavy atom. The molecule has 0 atom stereocenters. The van der Waals surface area contributed by atoms with E-state index in [9.17, 15) is 14.9 Å². The maximum absolute atomic E-state index is 12.8. The predicted molar refractivity (Wildman–Crippen MR) is 140 cm³/mol. The van der Waals surface area contributed by atoms with Gasteiger partial charge in [-0.05, 0) is 80.8 Å². The molecule has 178 valence electrons. The van der Waals surface area contributed by atoms with Crippen LogP contribution in [0.5, 0.6) is 5.75 Å². The van der Waals surface area contributed by atoms with Crippen LogP contribution in [0.3, 0.4) is 0 Å². The Morgan fingerprint density at radius 1 is 0.971 bits per heavy atom. The van der Waals surface area contributed by atoms with Crippen LogP contribution in [-0.2, 0) is 9.59 Å². The second-order valence-electron chi connectivity index (χ2n) is 8.21. The number of carbonyl (C=O) groups is 2. The van der Waals surface area contributed by atoms with Crippen LogP contribution in [0.15, 0.2) is 60.2 Å². The van der Waals surface area contributed by atoms with E-state index in [0.29, 0.717) is 27.7 Å². The SMILES string of the molecule is Cc1ccc(NC(=O)/C(C#N)=C/c2cc(Cl)ccc2OCC(=O)Nc2cccc(C)c2C)c(C)c1. The molecule has 0 unspecified atom stereocenters. The van der Waals surface area contributed by atoms with Crippen molar-refractivity contribution in [1.29, 1.82) is 5.26 Å². The van der Waals surface area contributed by atoms with E-state index < -0.39 is 5.91 Å². The van der Waals surface area contributed by atoms with Crippen LogP contribution < -0.4 is 15.4 Å². The molecule has 7 heteroatoms. The summed E-state index contributed by atoms with van der Waals surface area (Å²) >= 11 is 6.14. The highest BCUT2D eigenvalue weighted by atomic mass is 35.5. The summed E-state index contributed by atoms with van der Waals surface area (Å²) in [7, 11) is 0. The number of nitrogens with zero attached hydrogens (tertiary/aromatic N) is 1. The van der Waals surface area contributed by atoms with Crippen molar-refractivity contribution in [3.8, 4) is 11.8 Å². The molecular formula is C28H26ClN3O3. The number of nitrogens with one attached hydrogen (secondary N) is 2. The van der Waals surface area contributed by atoms with Crippen LogP contribution in [0.2, 0.25) is 5.02 Å². The van der Waals surface area contributed by atoms with Gasteiger partial charge in [-0.2, -0.15) is 5.26 Å². The van der Waals surface area contributed by atoms with Crippen molar-refractivity contribution in [3.63, 3.8) is 0 Å². The molecule has 3 rings (SSSR count). The third-order valence-corrected chi connectivity index (χ3v) is 5.74. The average molecular weight is 488 g/mol. The van der Waals surface area contributed by atoms with Crippen molar-refractivity contribution in [3.05, 3.63) is 93.0 Å². The van der Waals surface area contributed by atoms with Gasteiger partial charge in [0.1, 0.15) is 17.4 Å². The molecular weight excluding hydrogens is 462 g/mol. The van der Waals surface area contributed by atoms with Gasteiger partial charge in [0.2, 0.25) is 0 Å². The van der Waals surface area contributed by atoms with Gasteiger partial charge in [0.25, 0.3) is 11.8 Å². The van der Waals surface area contributed by atoms with Crippen molar-refractivity contribution in [2.45, 2.75) is 27.7 Å². The third-order valence-electron chi connectivity index (χ3n) is 5.50. The number of hydrogen-bond acceptors (Lipinski definition) is 4. The summed E-state index contributed by atoms with van der Waals surface area (Å²) in [6.45, 7) is 7.48. The summed E-state index contributed by atoms with van der Waals surface area (Å²) in [4.78, 5) is 25.2. The number of carbonyl (C=O) groups excluding carboxylic acids is 2. The van der Waals surface area contributed by atoms with Gasteiger partial charge in [0.05, 0.1) is 0 Å². The Balaban J connectivity index is 1.77. The highest BCUT2D eigenvalue weighted by molar-refractivity contribution is 6.30. The molecule has 0 aromatic heterocycles. The monoisotopic (exact) mass is 487 g/mol. The molecule has 3 aromatic rings. The molecule has 3 aromatic carbocycles. The van der Waals surface area contributed by atoms with Crippen LogP contribution in [0, 0.1) is 39.0 Å². The molecule has 0 aliphatic heterocycles. The predicted octanol–water partition coefficient (Wildman–Crippen LogP) is 6.14. The van der Waals surface area contributed by atoms with Crippen LogP contribution in [-0.4, -0.2) is 18.4 Å². The number of halogens is 1. The molecule has 2 N–H and O–H groups in total. The van der Waals surface area contributed by atoms with Crippen molar-refractivity contribution >= 4 is 40.9 Å². The van der Waals surface area contributed by atoms with Gasteiger partial charge in [0, 0.05) is 22.0 Å². The first-order chi connectivity index (χ1) is 16.7. The van der Waals surface area contributed by atoms with Crippen molar-refractivity contribution in [2.75, 3.05) is 17.2 Å². The molecule has 0 fully saturated rings. The first kappa shape index (κ1) is 25.5. The van der Waals surface area contributed by atoms with E-state index in [1.54, 1.807) is 24.3 Å². The highest BCUT2D eigenvalue weighted by Gasteiger charge is 2.14. The van der Waals surface area contributed by atoms with Crippen molar-refractivity contribution in [1.82, 2.24) is 0 Å². The lowest BCUT2D eigenvalue weighted by atomic mass is 10.1. The smallest absolute Gasteiger partial charge is 0.266 e. The molecule has 0 spiro atoms. The second kappa shape index (κ2) is 11.4. The number of aryl methyl sites for hydroxylation is 3. The van der Waals surface area contributed by atoms with Gasteiger partial charge in [-0.25, -0.2) is 0 Å². The first-order valence-corrected chi connectivity index (χ1v) is 11.3. The number of hydrogen-bond donors (Lipinski definition) is 2. The summed E-state index contributed by atoms with van der Waals surface area (Å²) in [5.74, 6) is -0.577. The summed E-state index contributed by atoms with van der Waals surface area (Å²) < 4.78 is 5.72. The van der Waals surface area contributed by atoms with E-state index in [1.165, 1.54) is 6.08 Å². The fourth-order valence-corrected chi connectivity index (χ4v) is 3.61. The van der Waals surface area contributed by atoms with E-state index in [4.69, 9.17) is 16.3 Å². The molecule has 0 aliphatic carbocycles. The van der Waals surface area contributed by atoms with Gasteiger partial charge < -0.3 is 15.4 Å². The number of rotatable bonds is 7. The molecule has 0 aliphatic rings. The first-order valence-electron chi connectivity index (χ1n) is 11.0. The van der Waals surface area contributed by atoms with Gasteiger partial charge in [-0.15, -0.1) is 0 Å². The van der Waals surface area contributed by atoms with E-state index >= 15 is 0 Å². The van der Waals surface area contributed by atoms with Crippen LogP contribution in [0.4, 0.5) is 11.4 Å². The zero-order chi connectivity index (χ0) is 25.5. The summed E-state index contributed by atoms with van der Waals surface area (Å²) in [5.41, 5.74) is 5.61. The lowest BCUT2D eigenvalue weighted by Gasteiger charge is -2.13. The molecule has 35 heavy (non-hydrogen) atoms. The van der Waals surface area contributed by atoms with Crippen molar-refractivity contribution < 1.29 is 14.3 Å². The van der Waals surface area contributed by atoms with E-state index in [1.807, 2.05) is 64.1 Å². The minimum Gasteiger partial charge on any atom is -0.483 e. The minimum absolute atomic E-state index is 0.128. The fraction of sp³-hybridized carbons (Fsp3) is 0.179. The average Bonchev–Trinajstić information content (AvgIpc) is 2.81. The lowest BCUT2D eigenvalue weighted by Crippen LogP contribution is -2.21. The van der Waals surface area contributed by atoms with E-state index in [-0.39, 0.29) is 18.1 Å². The highest BCUT2D eigenvalue weighted by Crippen LogP contribution is 2.26. The van der Waals surface area contributed by atoms with Gasteiger partial charge >= 0.3 is 0 Å². The molecule has 0 bridgehead atoms. The van der Waals surface area contributed by atoms with E-state index in [2.05, 4.69) is 10.6 Å². The molecule has 2 amide bonds. The zero-order valence-corrected chi connectivity index (χ0v) is 20.8. The number of anilines is 2. The molecule has 6 nitrogen and oxygen atoms in total. The van der Waals surface area contributed by atoms with E-state index in [0.717, 1.165) is 22.3 Å². The summed E-state index contributed by atoms with van der Waals surface area (Å²) in [5, 5.41) is 15.6. The van der Waals surface area contributed by atoms with Gasteiger partial charge in [-0.3, -0.25) is 9.59 Å². The van der Waals surface area contributed by atoms with Gasteiger partial charge in [0.15, 0.2) is 6.61 Å². The van der Waals surface area contributed by atoms with Crippen LogP contribution >= 0.6 is 11.6 Å². The number of amides is 2. The Labute approximate surface area is 210 Å². The van der Waals surface area contributed by atoms with Crippen LogP contribution in [0.25, 0.3) is 6.08 Å². The Morgan fingerprint density at radius 3 is 2.46 bits per heavy atom.